The Morgan fingerprint density at radius 1 is 0.702 bits per heavy atom. The Bertz CT molecular complexity index is 2430. The molecular formula is C43H45N7O6S. The van der Waals surface area contributed by atoms with Crippen molar-refractivity contribution in [2.75, 3.05) is 36.9 Å². The molecule has 1 atom stereocenters. The Hall–Kier alpha value is -6.25. The maximum absolute atomic E-state index is 13.5. The minimum atomic E-state index is -4.08. The van der Waals surface area contributed by atoms with Gasteiger partial charge in [0.1, 0.15) is 18.9 Å². The molecule has 0 radical (unpaired) electrons. The third kappa shape index (κ3) is 9.59. The molecule has 0 amide bonds. The van der Waals surface area contributed by atoms with Crippen molar-refractivity contribution >= 4 is 77.6 Å². The van der Waals surface area contributed by atoms with Crippen LogP contribution in [0.2, 0.25) is 0 Å². The van der Waals surface area contributed by atoms with Gasteiger partial charge in [0.15, 0.2) is 0 Å². The van der Waals surface area contributed by atoms with Crippen LogP contribution in [0.3, 0.4) is 0 Å². The van der Waals surface area contributed by atoms with Gasteiger partial charge in [-0.3, -0.25) is 0 Å². The number of ether oxygens (including phenoxy) is 2. The lowest BCUT2D eigenvalue weighted by molar-refractivity contribution is -0.137. The molecule has 57 heavy (non-hydrogen) atoms. The largest absolute Gasteiger partial charge is 0.461 e. The molecule has 0 aliphatic carbocycles. The maximum atomic E-state index is 13.5. The number of nitrogens with zero attached hydrogens (tertiary/aromatic N) is 5. The van der Waals surface area contributed by atoms with E-state index in [1.54, 1.807) is 0 Å². The zero-order valence-electron chi connectivity index (χ0n) is 32.0. The van der Waals surface area contributed by atoms with Crippen molar-refractivity contribution in [2.45, 2.75) is 50.1 Å². The number of hydrogen-bond acceptors (Lipinski definition) is 12. The zero-order valence-corrected chi connectivity index (χ0v) is 32.8. The van der Waals surface area contributed by atoms with E-state index < -0.39 is 22.0 Å². The van der Waals surface area contributed by atoms with Gasteiger partial charge in [0.25, 0.3) is 0 Å². The highest BCUT2D eigenvalue weighted by Crippen LogP contribution is 2.43. The maximum Gasteiger partial charge on any atom is 0.330 e. The quantitative estimate of drug-likeness (QED) is 0.0383. The van der Waals surface area contributed by atoms with Gasteiger partial charge in [-0.2, -0.15) is 9.42 Å². The highest BCUT2D eigenvalue weighted by Gasteiger charge is 2.30. The predicted octanol–water partition coefficient (Wildman–Crippen LogP) is 10.4. The van der Waals surface area contributed by atoms with Crippen molar-refractivity contribution in [2.24, 2.45) is 20.5 Å². The third-order valence-electron chi connectivity index (χ3n) is 9.51. The summed E-state index contributed by atoms with van der Waals surface area (Å²) in [5.41, 5.74) is 4.34. The summed E-state index contributed by atoms with van der Waals surface area (Å²) >= 11 is 0. The second-order valence-corrected chi connectivity index (χ2v) is 15.5. The standard InChI is InChI=1S/C43H45N7O6S/c1-5-8-11-25-43(4)44-38-16-12-15-34-37(23-24-39(45-43)42(34)38)49-48-36-22-21-35(32-13-9-10-14-33(32)36)47-46-30-17-19-31(20-18-30)57(53,54)50(26-28-55-40(51)6-2)27-29-56-41(52)7-3/h6-7,9-10,12-24,44-45H,2-3,5,8,11,25-29H2,1,4H3. The average molecular weight is 788 g/mol. The topological polar surface area (TPSA) is 163 Å². The fourth-order valence-corrected chi connectivity index (χ4v) is 8.04. The molecule has 0 bridgehead atoms. The first-order chi connectivity index (χ1) is 27.5. The summed E-state index contributed by atoms with van der Waals surface area (Å²) in [6, 6.07) is 27.6. The lowest BCUT2D eigenvalue weighted by Gasteiger charge is -2.39. The van der Waals surface area contributed by atoms with E-state index >= 15 is 0 Å². The van der Waals surface area contributed by atoms with Gasteiger partial charge in [-0.25, -0.2) is 18.0 Å². The lowest BCUT2D eigenvalue weighted by atomic mass is 9.96. The van der Waals surface area contributed by atoms with E-state index in [1.165, 1.54) is 37.1 Å². The molecule has 0 fully saturated rings. The minimum absolute atomic E-state index is 0.0315. The number of benzene rings is 5. The van der Waals surface area contributed by atoms with E-state index in [4.69, 9.17) is 19.7 Å². The SMILES string of the molecule is C=CC(=O)OCCN(CCOC(=O)C=C)S(=O)(=O)c1ccc(N=Nc2ccc(N=Nc3ccc4c5c(cccc35)NC(C)(CCCCC)N4)c3ccccc23)cc1. The molecule has 13 nitrogen and oxygen atoms in total. The molecule has 0 spiro atoms. The summed E-state index contributed by atoms with van der Waals surface area (Å²) in [7, 11) is -4.08. The van der Waals surface area contributed by atoms with Crippen LogP contribution < -0.4 is 10.6 Å². The first-order valence-corrected chi connectivity index (χ1v) is 20.1. The fourth-order valence-electron chi connectivity index (χ4n) is 6.63. The number of carbonyl (C=O) groups excluding carboxylic acids is 2. The molecule has 0 saturated carbocycles. The molecule has 2 N–H and O–H groups in total. The smallest absolute Gasteiger partial charge is 0.330 e. The zero-order chi connectivity index (χ0) is 40.4. The molecule has 14 heteroatoms. The van der Waals surface area contributed by atoms with Gasteiger partial charge in [0.05, 0.1) is 27.6 Å². The van der Waals surface area contributed by atoms with E-state index in [-0.39, 0.29) is 36.9 Å². The molecule has 1 aliphatic heterocycles. The number of carbonyl (C=O) groups is 2. The number of azo groups is 2. The highest BCUT2D eigenvalue weighted by molar-refractivity contribution is 7.89. The van der Waals surface area contributed by atoms with Crippen LogP contribution in [0.25, 0.3) is 21.5 Å². The number of sulfonamides is 1. The van der Waals surface area contributed by atoms with Crippen LogP contribution in [0, 0.1) is 0 Å². The Kier molecular flexibility index (Phi) is 12.9. The summed E-state index contributed by atoms with van der Waals surface area (Å²) in [6.07, 6.45) is 6.48. The molecule has 0 saturated heterocycles. The molecule has 0 aromatic heterocycles. The summed E-state index contributed by atoms with van der Waals surface area (Å²) < 4.78 is 38.1. The Balaban J connectivity index is 1.19. The van der Waals surface area contributed by atoms with Gasteiger partial charge >= 0.3 is 11.9 Å². The van der Waals surface area contributed by atoms with E-state index in [0.717, 1.165) is 67.9 Å². The second-order valence-electron chi connectivity index (χ2n) is 13.6. The van der Waals surface area contributed by atoms with Gasteiger partial charge in [-0.1, -0.05) is 69.3 Å². The molecule has 1 aliphatic rings. The minimum Gasteiger partial charge on any atom is -0.461 e. The van der Waals surface area contributed by atoms with Gasteiger partial charge in [0, 0.05) is 58.2 Å². The van der Waals surface area contributed by atoms with Crippen LogP contribution in [-0.4, -0.2) is 56.6 Å². The average Bonchev–Trinajstić information content (AvgIpc) is 3.22. The van der Waals surface area contributed by atoms with Crippen molar-refractivity contribution in [3.05, 3.63) is 116 Å². The number of unbranched alkanes of at least 4 members (excludes halogenated alkanes) is 2. The van der Waals surface area contributed by atoms with Crippen LogP contribution in [0.4, 0.5) is 34.1 Å². The molecule has 6 rings (SSSR count). The monoisotopic (exact) mass is 787 g/mol. The molecular weight excluding hydrogens is 743 g/mol. The summed E-state index contributed by atoms with van der Waals surface area (Å²) in [5.74, 6) is -1.38. The van der Waals surface area contributed by atoms with Crippen LogP contribution in [-0.2, 0) is 29.1 Å². The Morgan fingerprint density at radius 3 is 1.81 bits per heavy atom. The number of anilines is 2. The summed E-state index contributed by atoms with van der Waals surface area (Å²) in [6.45, 7) is 10.3. The predicted molar refractivity (Wildman–Crippen MR) is 224 cm³/mol. The Morgan fingerprint density at radius 2 is 1.23 bits per heavy atom. The summed E-state index contributed by atoms with van der Waals surface area (Å²) in [5, 5.41) is 29.5. The number of esters is 2. The van der Waals surface area contributed by atoms with Crippen LogP contribution in [0.15, 0.2) is 142 Å². The first-order valence-electron chi connectivity index (χ1n) is 18.7. The van der Waals surface area contributed by atoms with Gasteiger partial charge in [-0.05, 0) is 74.4 Å². The van der Waals surface area contributed by atoms with Crippen LogP contribution >= 0.6 is 0 Å². The van der Waals surface area contributed by atoms with Crippen molar-refractivity contribution in [3.63, 3.8) is 0 Å². The molecule has 5 aromatic carbocycles. The van der Waals surface area contributed by atoms with E-state index in [9.17, 15) is 18.0 Å². The lowest BCUT2D eigenvalue weighted by Crippen LogP contribution is -2.45. The van der Waals surface area contributed by atoms with E-state index in [0.29, 0.717) is 17.1 Å². The van der Waals surface area contributed by atoms with Crippen molar-refractivity contribution in [1.29, 1.82) is 0 Å². The number of rotatable bonds is 18. The van der Waals surface area contributed by atoms with Crippen molar-refractivity contribution < 1.29 is 27.5 Å². The van der Waals surface area contributed by atoms with Gasteiger partial charge < -0.3 is 20.1 Å². The fraction of sp³-hybridized carbons (Fsp3) is 0.256. The normalized spacial score (nSPS) is 15.1. The molecule has 1 heterocycles. The van der Waals surface area contributed by atoms with E-state index in [2.05, 4.69) is 66.1 Å². The van der Waals surface area contributed by atoms with E-state index in [1.807, 2.05) is 48.5 Å². The number of hydrogen-bond donors (Lipinski definition) is 2. The van der Waals surface area contributed by atoms with Crippen LogP contribution in [0.5, 0.6) is 0 Å². The highest BCUT2D eigenvalue weighted by atomic mass is 32.2. The number of fused-ring (bicyclic) bond motifs is 1. The number of nitrogens with one attached hydrogen (secondary N) is 2. The van der Waals surface area contributed by atoms with Crippen molar-refractivity contribution in [3.8, 4) is 0 Å². The van der Waals surface area contributed by atoms with Crippen molar-refractivity contribution in [1.82, 2.24) is 4.31 Å². The third-order valence-corrected chi connectivity index (χ3v) is 11.4. The molecule has 294 valence electrons. The van der Waals surface area contributed by atoms with Gasteiger partial charge in [-0.15, -0.1) is 15.3 Å². The molecule has 1 unspecified atom stereocenters. The van der Waals surface area contributed by atoms with Gasteiger partial charge in [0.2, 0.25) is 10.0 Å². The van der Waals surface area contributed by atoms with Crippen LogP contribution in [0.1, 0.15) is 39.5 Å². The first kappa shape index (κ1) is 40.4. The Labute approximate surface area is 332 Å². The molecule has 5 aromatic rings. The second kappa shape index (κ2) is 18.1. The summed E-state index contributed by atoms with van der Waals surface area (Å²) in [4.78, 5) is 23.0.